The van der Waals surface area contributed by atoms with Crippen molar-refractivity contribution in [1.82, 2.24) is 0 Å². The lowest BCUT2D eigenvalue weighted by Crippen LogP contribution is -2.37. The lowest BCUT2D eigenvalue weighted by Gasteiger charge is -2.27. The molecule has 0 amide bonds. The zero-order valence-corrected chi connectivity index (χ0v) is 30.7. The van der Waals surface area contributed by atoms with E-state index in [0.29, 0.717) is 30.3 Å². The van der Waals surface area contributed by atoms with Crippen molar-refractivity contribution in [3.8, 4) is 0 Å². The van der Waals surface area contributed by atoms with E-state index < -0.39 is 7.82 Å². The molecule has 0 rings (SSSR count). The molecule has 9 heteroatoms. The Balaban J connectivity index is 3.42. The number of quaternary nitrogens is 1. The molecule has 44 heavy (non-hydrogen) atoms. The second-order valence-electron chi connectivity index (χ2n) is 13.4. The first-order valence-electron chi connectivity index (χ1n) is 18.4. The van der Waals surface area contributed by atoms with Crippen LogP contribution in [0.2, 0.25) is 0 Å². The van der Waals surface area contributed by atoms with Crippen LogP contribution in [0.5, 0.6) is 0 Å². The van der Waals surface area contributed by atoms with Crippen molar-refractivity contribution < 1.29 is 37.2 Å². The second-order valence-corrected chi connectivity index (χ2v) is 14.8. The van der Waals surface area contributed by atoms with Crippen molar-refractivity contribution in [2.24, 2.45) is 0 Å². The van der Waals surface area contributed by atoms with Crippen LogP contribution in [0.1, 0.15) is 149 Å². The molecule has 266 valence electrons. The van der Waals surface area contributed by atoms with Gasteiger partial charge in [-0.1, -0.05) is 123 Å². The Kier molecular flexibility index (Phi) is 31.5. The molecule has 0 aliphatic carbocycles. The topological polar surface area (TPSA) is 86.3 Å². The molecule has 0 aromatic rings. The number of hydrogen-bond donors (Lipinski definition) is 0. The van der Waals surface area contributed by atoms with Crippen LogP contribution in [0.4, 0.5) is 0 Å². The number of nitrogens with zero attached hydrogens (tertiary/aromatic N) is 1. The first-order valence-corrected chi connectivity index (χ1v) is 19.8. The Morgan fingerprint density at radius 1 is 0.523 bits per heavy atom. The van der Waals surface area contributed by atoms with Gasteiger partial charge in [-0.25, -0.2) is 0 Å². The zero-order chi connectivity index (χ0) is 32.6. The van der Waals surface area contributed by atoms with Gasteiger partial charge in [0.05, 0.1) is 53.7 Å². The predicted molar refractivity (Wildman–Crippen MR) is 182 cm³/mol. The third kappa shape index (κ3) is 34.8. The summed E-state index contributed by atoms with van der Waals surface area (Å²) in [5.74, 6) is 0. The maximum atomic E-state index is 11.7. The number of hydrogen-bond acceptors (Lipinski definition) is 7. The summed E-state index contributed by atoms with van der Waals surface area (Å²) in [6.07, 6.45) is 28.1. The van der Waals surface area contributed by atoms with Gasteiger partial charge >= 0.3 is 0 Å². The fraction of sp³-hybridized carbons (Fsp3) is 1.00. The van der Waals surface area contributed by atoms with Crippen LogP contribution in [-0.4, -0.2) is 84.5 Å². The largest absolute Gasteiger partial charge is 0.756 e. The van der Waals surface area contributed by atoms with E-state index in [4.69, 9.17) is 23.3 Å². The first kappa shape index (κ1) is 43.9. The third-order valence-corrected chi connectivity index (χ3v) is 8.89. The van der Waals surface area contributed by atoms with Gasteiger partial charge in [-0.05, 0) is 25.7 Å². The molecule has 2 unspecified atom stereocenters. The van der Waals surface area contributed by atoms with Crippen LogP contribution in [0, 0.1) is 0 Å². The van der Waals surface area contributed by atoms with Crippen LogP contribution in [0.15, 0.2) is 0 Å². The quantitative estimate of drug-likeness (QED) is 0.0380. The van der Waals surface area contributed by atoms with E-state index in [1.165, 1.54) is 128 Å². The molecular weight excluding hydrogens is 577 g/mol. The molecular formula is C35H74NO7P. The number of phosphoric ester groups is 1. The number of rotatable bonds is 36. The molecule has 2 atom stereocenters. The van der Waals surface area contributed by atoms with E-state index >= 15 is 0 Å². The molecule has 0 radical (unpaired) electrons. The van der Waals surface area contributed by atoms with Gasteiger partial charge in [0.1, 0.15) is 13.2 Å². The summed E-state index contributed by atoms with van der Waals surface area (Å²) in [4.78, 5) is 11.7. The minimum Gasteiger partial charge on any atom is -0.756 e. The summed E-state index contributed by atoms with van der Waals surface area (Å²) in [5, 5.41) is 0. The standard InChI is InChI=1S/C35H74NO7P/c1-6-8-9-10-11-12-13-16-19-22-26-35(25-7-2)41-29-24-21-18-15-14-17-20-23-28-39-31-32-40-33-34-43-44(37,38)42-30-27-36(3,4)5/h35H,6-34H2,1-5H3. The SMILES string of the molecule is CCCCCCCCCCCCC(CCC)OCCCCCCCCCCOCCOCCOP(=O)([O-])OCC[N+](C)(C)C. The summed E-state index contributed by atoms with van der Waals surface area (Å²) in [7, 11) is 1.65. The van der Waals surface area contributed by atoms with E-state index in [-0.39, 0.29) is 19.8 Å². The Morgan fingerprint density at radius 2 is 0.977 bits per heavy atom. The van der Waals surface area contributed by atoms with Crippen molar-refractivity contribution in [3.05, 3.63) is 0 Å². The predicted octanol–water partition coefficient (Wildman–Crippen LogP) is 8.84. The highest BCUT2D eigenvalue weighted by atomic mass is 31.2. The molecule has 0 N–H and O–H groups in total. The van der Waals surface area contributed by atoms with Crippen molar-refractivity contribution in [3.63, 3.8) is 0 Å². The fourth-order valence-electron chi connectivity index (χ4n) is 5.10. The maximum Gasteiger partial charge on any atom is 0.268 e. The van der Waals surface area contributed by atoms with Gasteiger partial charge in [0.25, 0.3) is 7.82 Å². The molecule has 0 bridgehead atoms. The van der Waals surface area contributed by atoms with Crippen molar-refractivity contribution in [2.75, 3.05) is 73.9 Å². The third-order valence-electron chi connectivity index (χ3n) is 7.89. The Labute approximate surface area is 273 Å². The van der Waals surface area contributed by atoms with Gasteiger partial charge in [-0.2, -0.15) is 0 Å². The van der Waals surface area contributed by atoms with Crippen LogP contribution in [0.25, 0.3) is 0 Å². The van der Waals surface area contributed by atoms with E-state index in [1.54, 1.807) is 0 Å². The molecule has 0 saturated carbocycles. The minimum absolute atomic E-state index is 0.0447. The molecule has 0 saturated heterocycles. The lowest BCUT2D eigenvalue weighted by atomic mass is 10.0. The Bertz CT molecular complexity index is 633. The van der Waals surface area contributed by atoms with Gasteiger partial charge in [0, 0.05) is 13.2 Å². The van der Waals surface area contributed by atoms with Gasteiger partial charge in [-0.3, -0.25) is 4.57 Å². The summed E-state index contributed by atoms with van der Waals surface area (Å²) >= 11 is 0. The lowest BCUT2D eigenvalue weighted by molar-refractivity contribution is -0.870. The van der Waals surface area contributed by atoms with Crippen molar-refractivity contribution in [2.45, 2.75) is 155 Å². The van der Waals surface area contributed by atoms with Gasteiger partial charge in [0.15, 0.2) is 0 Å². The second kappa shape index (κ2) is 31.5. The highest BCUT2D eigenvalue weighted by Crippen LogP contribution is 2.37. The van der Waals surface area contributed by atoms with E-state index in [1.807, 2.05) is 21.1 Å². The number of likely N-dealkylation sites (N-methyl/N-ethyl adjacent to an activating group) is 1. The van der Waals surface area contributed by atoms with Crippen molar-refractivity contribution >= 4 is 7.82 Å². The minimum atomic E-state index is -4.26. The van der Waals surface area contributed by atoms with Gasteiger partial charge in [0.2, 0.25) is 0 Å². The molecule has 0 spiro atoms. The fourth-order valence-corrected chi connectivity index (χ4v) is 5.78. The van der Waals surface area contributed by atoms with Crippen LogP contribution in [-0.2, 0) is 27.8 Å². The molecule has 8 nitrogen and oxygen atoms in total. The van der Waals surface area contributed by atoms with Gasteiger partial charge in [-0.15, -0.1) is 0 Å². The monoisotopic (exact) mass is 652 g/mol. The van der Waals surface area contributed by atoms with E-state index in [9.17, 15) is 9.46 Å². The van der Waals surface area contributed by atoms with E-state index in [2.05, 4.69) is 13.8 Å². The smallest absolute Gasteiger partial charge is 0.268 e. The zero-order valence-electron chi connectivity index (χ0n) is 29.8. The van der Waals surface area contributed by atoms with Crippen LogP contribution < -0.4 is 4.89 Å². The van der Waals surface area contributed by atoms with Gasteiger partial charge < -0.3 is 32.6 Å². The summed E-state index contributed by atoms with van der Waals surface area (Å²) in [6, 6.07) is 0. The molecule has 0 aliphatic heterocycles. The molecule has 0 aliphatic rings. The van der Waals surface area contributed by atoms with Crippen LogP contribution >= 0.6 is 7.82 Å². The molecule has 0 aromatic carbocycles. The Hall–Kier alpha value is -0.0500. The highest BCUT2D eigenvalue weighted by Gasteiger charge is 2.13. The Morgan fingerprint density at radius 3 is 1.52 bits per heavy atom. The number of phosphoric acid groups is 1. The normalized spacial score (nSPS) is 14.2. The summed E-state index contributed by atoms with van der Waals surface area (Å²) < 4.78 is 39.2. The summed E-state index contributed by atoms with van der Waals surface area (Å²) in [5.41, 5.74) is 0. The number of ether oxygens (including phenoxy) is 3. The average molecular weight is 652 g/mol. The molecule has 0 heterocycles. The van der Waals surface area contributed by atoms with Crippen LogP contribution in [0.3, 0.4) is 0 Å². The molecule has 0 aromatic heterocycles. The highest BCUT2D eigenvalue weighted by molar-refractivity contribution is 7.45. The average Bonchev–Trinajstić information content (AvgIpc) is 2.96. The number of unbranched alkanes of at least 4 members (excludes halogenated alkanes) is 16. The van der Waals surface area contributed by atoms with E-state index in [0.717, 1.165) is 19.6 Å². The van der Waals surface area contributed by atoms with Crippen molar-refractivity contribution in [1.29, 1.82) is 0 Å². The summed E-state index contributed by atoms with van der Waals surface area (Å²) in [6.45, 7) is 8.01. The first-order chi connectivity index (χ1) is 21.2. The molecule has 0 fully saturated rings. The maximum absolute atomic E-state index is 11.7.